The number of nitrogens with one attached hydrogen (secondary N) is 1. The fourth-order valence-corrected chi connectivity index (χ4v) is 3.75. The van der Waals surface area contributed by atoms with Gasteiger partial charge in [0.25, 0.3) is 5.56 Å². The van der Waals surface area contributed by atoms with Crippen LogP contribution in [0.2, 0.25) is 0 Å². The molecule has 1 aromatic heterocycles. The van der Waals surface area contributed by atoms with Crippen molar-refractivity contribution >= 4 is 11.9 Å². The molecule has 0 spiro atoms. The number of H-pyrrole nitrogens is 1. The van der Waals surface area contributed by atoms with Gasteiger partial charge >= 0.3 is 11.9 Å². The molecule has 2 heterocycles. The third-order valence-corrected chi connectivity index (χ3v) is 5.30. The molecule has 0 saturated carbocycles. The summed E-state index contributed by atoms with van der Waals surface area (Å²) >= 11 is 0. The van der Waals surface area contributed by atoms with E-state index in [0.29, 0.717) is 12.4 Å². The van der Waals surface area contributed by atoms with E-state index in [4.69, 9.17) is 14.2 Å². The van der Waals surface area contributed by atoms with Crippen LogP contribution in [0.1, 0.15) is 46.3 Å². The van der Waals surface area contributed by atoms with Crippen LogP contribution in [0.25, 0.3) is 0 Å². The SMILES string of the molecule is CCOC(=O)c1c[nH]c(=O)c2c1OC(=O)C[C@H]2c1ccc(OCCc2ccccc2)cc1. The van der Waals surface area contributed by atoms with Gasteiger partial charge in [-0.3, -0.25) is 9.59 Å². The molecule has 0 saturated heterocycles. The summed E-state index contributed by atoms with van der Waals surface area (Å²) < 4.78 is 16.1. The summed E-state index contributed by atoms with van der Waals surface area (Å²) in [5.74, 6) is -1.05. The van der Waals surface area contributed by atoms with Crippen LogP contribution < -0.4 is 15.0 Å². The normalized spacial score (nSPS) is 14.9. The number of pyridine rings is 1. The van der Waals surface area contributed by atoms with E-state index in [2.05, 4.69) is 4.98 Å². The van der Waals surface area contributed by atoms with E-state index in [0.717, 1.165) is 12.0 Å². The van der Waals surface area contributed by atoms with Crippen molar-refractivity contribution in [2.24, 2.45) is 0 Å². The molecular formula is C25H23NO6. The van der Waals surface area contributed by atoms with E-state index in [1.54, 1.807) is 6.92 Å². The summed E-state index contributed by atoms with van der Waals surface area (Å²) in [4.78, 5) is 39.7. The molecule has 164 valence electrons. The van der Waals surface area contributed by atoms with Gasteiger partial charge in [0, 0.05) is 18.5 Å². The van der Waals surface area contributed by atoms with Crippen molar-refractivity contribution in [3.8, 4) is 11.5 Å². The highest BCUT2D eigenvalue weighted by molar-refractivity contribution is 5.94. The first-order valence-corrected chi connectivity index (χ1v) is 10.5. The number of esters is 2. The lowest BCUT2D eigenvalue weighted by atomic mass is 9.86. The van der Waals surface area contributed by atoms with Gasteiger partial charge in [0.2, 0.25) is 0 Å². The lowest BCUT2D eigenvalue weighted by Gasteiger charge is -2.25. The number of aromatic nitrogens is 1. The third-order valence-electron chi connectivity index (χ3n) is 5.30. The Hall–Kier alpha value is -3.87. The Morgan fingerprint density at radius 1 is 1.09 bits per heavy atom. The first-order chi connectivity index (χ1) is 15.6. The molecule has 0 aliphatic carbocycles. The molecule has 0 unspecified atom stereocenters. The average molecular weight is 433 g/mol. The van der Waals surface area contributed by atoms with Gasteiger partial charge in [0.15, 0.2) is 5.75 Å². The monoisotopic (exact) mass is 433 g/mol. The Morgan fingerprint density at radius 2 is 1.84 bits per heavy atom. The summed E-state index contributed by atoms with van der Waals surface area (Å²) in [6.07, 6.45) is 2.01. The fraction of sp³-hybridized carbons (Fsp3) is 0.240. The first kappa shape index (κ1) is 21.4. The molecule has 32 heavy (non-hydrogen) atoms. The topological polar surface area (TPSA) is 94.7 Å². The Balaban J connectivity index is 1.55. The van der Waals surface area contributed by atoms with Crippen molar-refractivity contribution in [3.63, 3.8) is 0 Å². The highest BCUT2D eigenvalue weighted by atomic mass is 16.5. The molecule has 1 N–H and O–H groups in total. The molecule has 7 nitrogen and oxygen atoms in total. The van der Waals surface area contributed by atoms with Crippen LogP contribution in [0.5, 0.6) is 11.5 Å². The van der Waals surface area contributed by atoms with E-state index >= 15 is 0 Å². The summed E-state index contributed by atoms with van der Waals surface area (Å²) in [7, 11) is 0. The number of aromatic amines is 1. The predicted octanol–water partition coefficient (Wildman–Crippen LogP) is 3.61. The van der Waals surface area contributed by atoms with Gasteiger partial charge in [0.1, 0.15) is 11.3 Å². The van der Waals surface area contributed by atoms with Crippen molar-refractivity contribution in [1.82, 2.24) is 4.98 Å². The number of benzene rings is 2. The van der Waals surface area contributed by atoms with Crippen LogP contribution in [-0.4, -0.2) is 30.1 Å². The average Bonchev–Trinajstić information content (AvgIpc) is 2.80. The lowest BCUT2D eigenvalue weighted by molar-refractivity contribution is -0.135. The summed E-state index contributed by atoms with van der Waals surface area (Å²) in [6.45, 7) is 2.37. The molecule has 2 aromatic carbocycles. The maximum absolute atomic E-state index is 12.6. The standard InChI is InChI=1S/C25H23NO6/c1-2-30-25(29)20-15-26-24(28)22-19(14-21(27)32-23(20)22)17-8-10-18(11-9-17)31-13-12-16-6-4-3-5-7-16/h3-11,15,19H,2,12-14H2,1H3,(H,26,28)/t19-/m0/s1. The van der Waals surface area contributed by atoms with Crippen molar-refractivity contribution in [2.45, 2.75) is 25.7 Å². The van der Waals surface area contributed by atoms with Crippen molar-refractivity contribution in [1.29, 1.82) is 0 Å². The molecule has 1 aliphatic rings. The Bertz CT molecular complexity index is 1170. The zero-order valence-electron chi connectivity index (χ0n) is 17.6. The number of carbonyl (C=O) groups excluding carboxylic acids is 2. The summed E-state index contributed by atoms with van der Waals surface area (Å²) in [5.41, 5.74) is 1.81. The summed E-state index contributed by atoms with van der Waals surface area (Å²) in [6, 6.07) is 17.3. The Morgan fingerprint density at radius 3 is 2.56 bits per heavy atom. The quantitative estimate of drug-likeness (QED) is 0.572. The molecule has 1 atom stereocenters. The smallest absolute Gasteiger partial charge is 0.343 e. The van der Waals surface area contributed by atoms with Gasteiger partial charge in [-0.25, -0.2) is 4.79 Å². The second-order valence-electron chi connectivity index (χ2n) is 7.38. The van der Waals surface area contributed by atoms with E-state index < -0.39 is 23.4 Å². The zero-order chi connectivity index (χ0) is 22.5. The Kier molecular flexibility index (Phi) is 6.35. The van der Waals surface area contributed by atoms with E-state index in [1.807, 2.05) is 54.6 Å². The predicted molar refractivity (Wildman–Crippen MR) is 117 cm³/mol. The number of fused-ring (bicyclic) bond motifs is 1. The van der Waals surface area contributed by atoms with Crippen molar-refractivity contribution in [2.75, 3.05) is 13.2 Å². The van der Waals surface area contributed by atoms with E-state index in [1.165, 1.54) is 11.8 Å². The van der Waals surface area contributed by atoms with Crippen molar-refractivity contribution in [3.05, 3.63) is 93.4 Å². The van der Waals surface area contributed by atoms with Crippen molar-refractivity contribution < 1.29 is 23.8 Å². The lowest BCUT2D eigenvalue weighted by Crippen LogP contribution is -2.30. The molecule has 7 heteroatoms. The number of hydrogen-bond acceptors (Lipinski definition) is 6. The second kappa shape index (κ2) is 9.51. The maximum Gasteiger partial charge on any atom is 0.343 e. The largest absolute Gasteiger partial charge is 0.493 e. The molecule has 0 radical (unpaired) electrons. The molecule has 3 aromatic rings. The van der Waals surface area contributed by atoms with Crippen LogP contribution in [0.15, 0.2) is 65.6 Å². The van der Waals surface area contributed by atoms with E-state index in [9.17, 15) is 14.4 Å². The minimum atomic E-state index is -0.657. The van der Waals surface area contributed by atoms with Gasteiger partial charge in [-0.1, -0.05) is 42.5 Å². The molecule has 4 rings (SSSR count). The van der Waals surface area contributed by atoms with Crippen LogP contribution in [0.4, 0.5) is 0 Å². The number of hydrogen-bond donors (Lipinski definition) is 1. The number of carbonyl (C=O) groups is 2. The second-order valence-corrected chi connectivity index (χ2v) is 7.38. The molecule has 0 amide bonds. The third kappa shape index (κ3) is 4.56. The molecule has 1 aliphatic heterocycles. The molecule has 0 bridgehead atoms. The molecule has 0 fully saturated rings. The van der Waals surface area contributed by atoms with E-state index in [-0.39, 0.29) is 29.9 Å². The van der Waals surface area contributed by atoms with Gasteiger partial charge in [-0.2, -0.15) is 0 Å². The van der Waals surface area contributed by atoms with Gasteiger partial charge < -0.3 is 19.2 Å². The van der Waals surface area contributed by atoms with Crippen LogP contribution >= 0.6 is 0 Å². The Labute approximate surface area is 185 Å². The highest BCUT2D eigenvalue weighted by Gasteiger charge is 2.34. The maximum atomic E-state index is 12.6. The fourth-order valence-electron chi connectivity index (χ4n) is 3.75. The number of ether oxygens (including phenoxy) is 3. The van der Waals surface area contributed by atoms with Gasteiger partial charge in [-0.05, 0) is 30.2 Å². The van der Waals surface area contributed by atoms with Crippen LogP contribution in [0.3, 0.4) is 0 Å². The van der Waals surface area contributed by atoms with Gasteiger partial charge in [0.05, 0.1) is 25.2 Å². The van der Waals surface area contributed by atoms with Crippen LogP contribution in [-0.2, 0) is 16.0 Å². The summed E-state index contributed by atoms with van der Waals surface area (Å²) in [5, 5.41) is 0. The minimum Gasteiger partial charge on any atom is -0.493 e. The minimum absolute atomic E-state index is 0.00340. The van der Waals surface area contributed by atoms with Gasteiger partial charge in [-0.15, -0.1) is 0 Å². The highest BCUT2D eigenvalue weighted by Crippen LogP contribution is 2.38. The van der Waals surface area contributed by atoms with Crippen LogP contribution in [0, 0.1) is 0 Å². The molecular weight excluding hydrogens is 410 g/mol. The number of rotatable bonds is 7. The first-order valence-electron chi connectivity index (χ1n) is 10.5. The zero-order valence-corrected chi connectivity index (χ0v) is 17.6.